The molecule has 3 unspecified atom stereocenters. The highest BCUT2D eigenvalue weighted by Gasteiger charge is 2.32. The first-order valence-corrected chi connectivity index (χ1v) is 5.66. The number of hydrogen-bond donors (Lipinski definition) is 3. The summed E-state index contributed by atoms with van der Waals surface area (Å²) >= 11 is 0. The van der Waals surface area contributed by atoms with Crippen LogP contribution in [0, 0.1) is 11.8 Å². The summed E-state index contributed by atoms with van der Waals surface area (Å²) in [6.45, 7) is 1.95. The first-order valence-electron chi connectivity index (χ1n) is 5.66. The second-order valence-electron chi connectivity index (χ2n) is 4.51. The Labute approximate surface area is 99.0 Å². The SMILES string of the molecule is CC1CCCC1C(=O)NC(CC(=O)O)C(=O)O. The molecule has 1 aliphatic carbocycles. The third kappa shape index (κ3) is 3.72. The first kappa shape index (κ1) is 13.5. The lowest BCUT2D eigenvalue weighted by molar-refractivity contribution is -0.147. The molecule has 17 heavy (non-hydrogen) atoms. The lowest BCUT2D eigenvalue weighted by Gasteiger charge is -2.18. The molecule has 6 nitrogen and oxygen atoms in total. The summed E-state index contributed by atoms with van der Waals surface area (Å²) in [5.41, 5.74) is 0. The summed E-state index contributed by atoms with van der Waals surface area (Å²) in [6, 6.07) is -1.34. The highest BCUT2D eigenvalue weighted by Crippen LogP contribution is 2.31. The standard InChI is InChI=1S/C11H17NO5/c1-6-3-2-4-7(6)10(15)12-8(11(16)17)5-9(13)14/h6-8H,2-5H2,1H3,(H,12,15)(H,13,14)(H,16,17). The second-order valence-corrected chi connectivity index (χ2v) is 4.51. The fourth-order valence-corrected chi connectivity index (χ4v) is 2.19. The molecule has 0 saturated heterocycles. The molecule has 0 spiro atoms. The molecule has 0 bridgehead atoms. The van der Waals surface area contributed by atoms with Crippen molar-refractivity contribution in [3.05, 3.63) is 0 Å². The highest BCUT2D eigenvalue weighted by molar-refractivity contribution is 5.87. The van der Waals surface area contributed by atoms with E-state index in [1.165, 1.54) is 0 Å². The van der Waals surface area contributed by atoms with E-state index in [0.29, 0.717) is 0 Å². The molecule has 3 N–H and O–H groups in total. The molecule has 0 aliphatic heterocycles. The van der Waals surface area contributed by atoms with Crippen LogP contribution in [0.3, 0.4) is 0 Å². The van der Waals surface area contributed by atoms with Crippen LogP contribution in [0.4, 0.5) is 0 Å². The molecular weight excluding hydrogens is 226 g/mol. The van der Waals surface area contributed by atoms with Gasteiger partial charge in [-0.25, -0.2) is 4.79 Å². The van der Waals surface area contributed by atoms with E-state index in [1.807, 2.05) is 6.92 Å². The Kier molecular flexibility index (Phi) is 4.48. The number of amides is 1. The van der Waals surface area contributed by atoms with Gasteiger partial charge in [0.15, 0.2) is 0 Å². The zero-order chi connectivity index (χ0) is 13.0. The second kappa shape index (κ2) is 5.65. The van der Waals surface area contributed by atoms with Gasteiger partial charge in [0.05, 0.1) is 6.42 Å². The van der Waals surface area contributed by atoms with Gasteiger partial charge in [-0.1, -0.05) is 13.3 Å². The summed E-state index contributed by atoms with van der Waals surface area (Å²) in [5.74, 6) is -2.85. The molecule has 1 fully saturated rings. The molecule has 6 heteroatoms. The number of hydrogen-bond acceptors (Lipinski definition) is 3. The monoisotopic (exact) mass is 243 g/mol. The Morgan fingerprint density at radius 3 is 2.35 bits per heavy atom. The van der Waals surface area contributed by atoms with Crippen molar-refractivity contribution >= 4 is 17.8 Å². The van der Waals surface area contributed by atoms with Crippen molar-refractivity contribution in [3.8, 4) is 0 Å². The van der Waals surface area contributed by atoms with Crippen LogP contribution in [0.2, 0.25) is 0 Å². The van der Waals surface area contributed by atoms with E-state index in [4.69, 9.17) is 10.2 Å². The van der Waals surface area contributed by atoms with Gasteiger partial charge in [-0.3, -0.25) is 9.59 Å². The van der Waals surface area contributed by atoms with E-state index in [1.54, 1.807) is 0 Å². The lowest BCUT2D eigenvalue weighted by Crippen LogP contribution is -2.45. The van der Waals surface area contributed by atoms with Gasteiger partial charge in [0.1, 0.15) is 6.04 Å². The number of rotatable bonds is 5. The fourth-order valence-electron chi connectivity index (χ4n) is 2.19. The maximum atomic E-state index is 11.8. The molecule has 0 aromatic rings. The van der Waals surface area contributed by atoms with Gasteiger partial charge in [-0.2, -0.15) is 0 Å². The van der Waals surface area contributed by atoms with Gasteiger partial charge in [0.2, 0.25) is 5.91 Å². The van der Waals surface area contributed by atoms with E-state index in [0.717, 1.165) is 19.3 Å². The Hall–Kier alpha value is -1.59. The normalized spacial score (nSPS) is 25.2. The van der Waals surface area contributed by atoms with Crippen molar-refractivity contribution in [3.63, 3.8) is 0 Å². The Balaban J connectivity index is 2.57. The first-order chi connectivity index (χ1) is 7.91. The van der Waals surface area contributed by atoms with E-state index < -0.39 is 24.4 Å². The van der Waals surface area contributed by atoms with E-state index in [-0.39, 0.29) is 17.7 Å². The smallest absolute Gasteiger partial charge is 0.326 e. The van der Waals surface area contributed by atoms with Crippen LogP contribution >= 0.6 is 0 Å². The van der Waals surface area contributed by atoms with Crippen molar-refractivity contribution < 1.29 is 24.6 Å². The van der Waals surface area contributed by atoms with Crippen molar-refractivity contribution in [1.29, 1.82) is 0 Å². The summed E-state index contributed by atoms with van der Waals surface area (Å²) in [5, 5.41) is 19.7. The highest BCUT2D eigenvalue weighted by atomic mass is 16.4. The van der Waals surface area contributed by atoms with Crippen LogP contribution < -0.4 is 5.32 Å². The minimum atomic E-state index is -1.34. The number of aliphatic carboxylic acids is 2. The minimum Gasteiger partial charge on any atom is -0.481 e. The number of nitrogens with one attached hydrogen (secondary N) is 1. The van der Waals surface area contributed by atoms with Crippen molar-refractivity contribution in [1.82, 2.24) is 5.32 Å². The Morgan fingerprint density at radius 1 is 1.29 bits per heavy atom. The molecule has 3 atom stereocenters. The molecule has 1 amide bonds. The van der Waals surface area contributed by atoms with Crippen molar-refractivity contribution in [2.24, 2.45) is 11.8 Å². The zero-order valence-electron chi connectivity index (χ0n) is 9.68. The number of carboxylic acids is 2. The maximum Gasteiger partial charge on any atom is 0.326 e. The van der Waals surface area contributed by atoms with E-state index >= 15 is 0 Å². The molecule has 0 aromatic heterocycles. The van der Waals surface area contributed by atoms with Crippen LogP contribution in [0.1, 0.15) is 32.6 Å². The summed E-state index contributed by atoms with van der Waals surface area (Å²) in [4.78, 5) is 33.0. The molecule has 1 aliphatic rings. The molecule has 96 valence electrons. The van der Waals surface area contributed by atoms with Gasteiger partial charge in [-0.15, -0.1) is 0 Å². The lowest BCUT2D eigenvalue weighted by atomic mass is 9.97. The topological polar surface area (TPSA) is 104 Å². The molecule has 1 rings (SSSR count). The van der Waals surface area contributed by atoms with Gasteiger partial charge >= 0.3 is 11.9 Å². The minimum absolute atomic E-state index is 0.189. The third-order valence-corrected chi connectivity index (χ3v) is 3.19. The molecule has 0 aromatic carbocycles. The fraction of sp³-hybridized carbons (Fsp3) is 0.727. The average molecular weight is 243 g/mol. The van der Waals surface area contributed by atoms with Crippen LogP contribution in [-0.4, -0.2) is 34.1 Å². The molecule has 0 heterocycles. The Morgan fingerprint density at radius 2 is 1.94 bits per heavy atom. The van der Waals surface area contributed by atoms with Crippen LogP contribution in [0.5, 0.6) is 0 Å². The van der Waals surface area contributed by atoms with Gasteiger partial charge in [-0.05, 0) is 18.8 Å². The van der Waals surface area contributed by atoms with E-state index in [9.17, 15) is 14.4 Å². The van der Waals surface area contributed by atoms with Crippen LogP contribution in [0.25, 0.3) is 0 Å². The maximum absolute atomic E-state index is 11.8. The summed E-state index contributed by atoms with van der Waals surface area (Å²) < 4.78 is 0. The van der Waals surface area contributed by atoms with Crippen molar-refractivity contribution in [2.75, 3.05) is 0 Å². The zero-order valence-corrected chi connectivity index (χ0v) is 9.68. The van der Waals surface area contributed by atoms with E-state index in [2.05, 4.69) is 5.32 Å². The third-order valence-electron chi connectivity index (χ3n) is 3.19. The largest absolute Gasteiger partial charge is 0.481 e. The van der Waals surface area contributed by atoms with Crippen LogP contribution in [-0.2, 0) is 14.4 Å². The average Bonchev–Trinajstić information content (AvgIpc) is 2.62. The predicted molar refractivity (Wildman–Crippen MR) is 58.3 cm³/mol. The molecule has 1 saturated carbocycles. The predicted octanol–water partition coefficient (Wildman–Crippen LogP) is 0.467. The quantitative estimate of drug-likeness (QED) is 0.651. The number of carboxylic acid groups (broad SMARTS) is 2. The Bertz CT molecular complexity index is 328. The van der Waals surface area contributed by atoms with Crippen LogP contribution in [0.15, 0.2) is 0 Å². The summed E-state index contributed by atoms with van der Waals surface area (Å²) in [6.07, 6.45) is 2.05. The van der Waals surface area contributed by atoms with Gasteiger partial charge in [0, 0.05) is 5.92 Å². The van der Waals surface area contributed by atoms with Crippen molar-refractivity contribution in [2.45, 2.75) is 38.6 Å². The summed E-state index contributed by atoms with van der Waals surface area (Å²) in [7, 11) is 0. The molecular formula is C11H17NO5. The number of carbonyl (C=O) groups is 3. The molecule has 0 radical (unpaired) electrons. The van der Waals surface area contributed by atoms with Gasteiger partial charge in [0.25, 0.3) is 0 Å². The number of carbonyl (C=O) groups excluding carboxylic acids is 1. The van der Waals surface area contributed by atoms with Gasteiger partial charge < -0.3 is 15.5 Å².